The number of ether oxygens (including phenoxy) is 2. The first kappa shape index (κ1) is 17.9. The van der Waals surface area contributed by atoms with Crippen molar-refractivity contribution in [2.24, 2.45) is 0 Å². The van der Waals surface area contributed by atoms with E-state index in [0.29, 0.717) is 29.4 Å². The van der Waals surface area contributed by atoms with E-state index in [1.807, 2.05) is 48.5 Å². The van der Waals surface area contributed by atoms with Gasteiger partial charge in [0.25, 0.3) is 0 Å². The molecule has 0 unspecified atom stereocenters. The molecule has 0 radical (unpaired) electrons. The summed E-state index contributed by atoms with van der Waals surface area (Å²) in [5.41, 5.74) is 4.14. The van der Waals surface area contributed by atoms with Gasteiger partial charge in [-0.15, -0.1) is 0 Å². The number of aromatic nitrogens is 2. The maximum atomic E-state index is 12.5. The fourth-order valence-corrected chi connectivity index (χ4v) is 3.13. The number of carbonyl (C=O) groups excluding carboxylic acids is 1. The van der Waals surface area contributed by atoms with Gasteiger partial charge in [0.15, 0.2) is 11.5 Å². The molecule has 1 aliphatic heterocycles. The van der Waals surface area contributed by atoms with Crippen LogP contribution in [0.25, 0.3) is 11.3 Å². The third-order valence-corrected chi connectivity index (χ3v) is 4.52. The van der Waals surface area contributed by atoms with Crippen molar-refractivity contribution in [3.8, 4) is 22.8 Å². The van der Waals surface area contributed by atoms with Crippen LogP contribution < -0.4 is 20.1 Å². The Morgan fingerprint density at radius 2 is 1.96 bits per heavy atom. The first-order valence-electron chi connectivity index (χ1n) is 9.30. The van der Waals surface area contributed by atoms with Crippen molar-refractivity contribution in [2.45, 2.75) is 26.3 Å². The van der Waals surface area contributed by atoms with E-state index in [1.54, 1.807) is 0 Å². The van der Waals surface area contributed by atoms with Gasteiger partial charge in [-0.05, 0) is 30.2 Å². The SMILES string of the molecule is CCCc1[nH]nc(-c2ccc3c(c2)OCO3)c1NC(=O)NCc1ccccc1. The van der Waals surface area contributed by atoms with Gasteiger partial charge < -0.3 is 20.1 Å². The van der Waals surface area contributed by atoms with E-state index in [9.17, 15) is 4.79 Å². The highest BCUT2D eigenvalue weighted by molar-refractivity contribution is 5.94. The molecule has 7 nitrogen and oxygen atoms in total. The number of nitrogens with one attached hydrogen (secondary N) is 3. The number of benzene rings is 2. The Balaban J connectivity index is 1.55. The van der Waals surface area contributed by atoms with Gasteiger partial charge in [-0.25, -0.2) is 4.79 Å². The number of rotatable bonds is 6. The maximum absolute atomic E-state index is 12.5. The predicted octanol–water partition coefficient (Wildman–Crippen LogP) is 4.08. The standard InChI is InChI=1S/C21H22N4O3/c1-2-6-16-20(23-21(26)22-12-14-7-4-3-5-8-14)19(25-24-16)15-9-10-17-18(11-15)28-13-27-17/h3-5,7-11H,2,6,12-13H2,1H3,(H,24,25)(H2,22,23,26). The zero-order valence-corrected chi connectivity index (χ0v) is 15.6. The zero-order valence-electron chi connectivity index (χ0n) is 15.6. The summed E-state index contributed by atoms with van der Waals surface area (Å²) in [7, 11) is 0. The molecule has 144 valence electrons. The Morgan fingerprint density at radius 1 is 1.14 bits per heavy atom. The minimum atomic E-state index is -0.274. The van der Waals surface area contributed by atoms with Crippen molar-refractivity contribution >= 4 is 11.7 Å². The van der Waals surface area contributed by atoms with E-state index >= 15 is 0 Å². The fourth-order valence-electron chi connectivity index (χ4n) is 3.13. The highest BCUT2D eigenvalue weighted by Gasteiger charge is 2.20. The second-order valence-corrected chi connectivity index (χ2v) is 6.54. The lowest BCUT2D eigenvalue weighted by molar-refractivity contribution is 0.174. The summed E-state index contributed by atoms with van der Waals surface area (Å²) in [4.78, 5) is 12.5. The third-order valence-electron chi connectivity index (χ3n) is 4.52. The Hall–Kier alpha value is -3.48. The Labute approximate surface area is 163 Å². The van der Waals surface area contributed by atoms with Gasteiger partial charge in [0.05, 0.1) is 11.4 Å². The number of urea groups is 1. The molecule has 3 aromatic rings. The minimum Gasteiger partial charge on any atom is -0.454 e. The van der Waals surface area contributed by atoms with E-state index in [-0.39, 0.29) is 12.8 Å². The molecular weight excluding hydrogens is 356 g/mol. The van der Waals surface area contributed by atoms with Gasteiger partial charge in [-0.1, -0.05) is 43.7 Å². The summed E-state index contributed by atoms with van der Waals surface area (Å²) in [6, 6.07) is 15.1. The minimum absolute atomic E-state index is 0.216. The van der Waals surface area contributed by atoms with Gasteiger partial charge in [0.1, 0.15) is 5.69 Å². The van der Waals surface area contributed by atoms with Crippen LogP contribution in [0, 0.1) is 0 Å². The van der Waals surface area contributed by atoms with Gasteiger partial charge in [-0.3, -0.25) is 5.10 Å². The van der Waals surface area contributed by atoms with E-state index < -0.39 is 0 Å². The van der Waals surface area contributed by atoms with Crippen LogP contribution >= 0.6 is 0 Å². The van der Waals surface area contributed by atoms with Gasteiger partial charge in [0, 0.05) is 12.1 Å². The molecule has 0 fully saturated rings. The maximum Gasteiger partial charge on any atom is 0.319 e. The highest BCUT2D eigenvalue weighted by atomic mass is 16.7. The number of amides is 2. The second kappa shape index (κ2) is 8.04. The number of fused-ring (bicyclic) bond motifs is 1. The molecular formula is C21H22N4O3. The third kappa shape index (κ3) is 3.78. The Morgan fingerprint density at radius 3 is 2.79 bits per heavy atom. The second-order valence-electron chi connectivity index (χ2n) is 6.54. The van der Waals surface area contributed by atoms with Gasteiger partial charge in [0.2, 0.25) is 6.79 Å². The van der Waals surface area contributed by atoms with Crippen LogP contribution in [0.3, 0.4) is 0 Å². The van der Waals surface area contributed by atoms with Crippen molar-refractivity contribution in [3.63, 3.8) is 0 Å². The summed E-state index contributed by atoms with van der Waals surface area (Å²) >= 11 is 0. The number of hydrogen-bond donors (Lipinski definition) is 3. The molecule has 7 heteroatoms. The lowest BCUT2D eigenvalue weighted by atomic mass is 10.1. The summed E-state index contributed by atoms with van der Waals surface area (Å²) in [5.74, 6) is 1.39. The zero-order chi connectivity index (χ0) is 19.3. The molecule has 1 aliphatic rings. The highest BCUT2D eigenvalue weighted by Crippen LogP contribution is 2.38. The van der Waals surface area contributed by atoms with Crippen molar-refractivity contribution in [3.05, 3.63) is 59.8 Å². The smallest absolute Gasteiger partial charge is 0.319 e. The number of carbonyl (C=O) groups is 1. The molecule has 0 bridgehead atoms. The monoisotopic (exact) mass is 378 g/mol. The van der Waals surface area contributed by atoms with E-state index in [1.165, 1.54) is 0 Å². The topological polar surface area (TPSA) is 88.3 Å². The van der Waals surface area contributed by atoms with E-state index in [4.69, 9.17) is 9.47 Å². The van der Waals surface area contributed by atoms with Crippen LogP contribution in [0.15, 0.2) is 48.5 Å². The first-order valence-corrected chi connectivity index (χ1v) is 9.30. The molecule has 0 saturated carbocycles. The number of hydrogen-bond acceptors (Lipinski definition) is 4. The van der Waals surface area contributed by atoms with Crippen LogP contribution in [0.5, 0.6) is 11.5 Å². The van der Waals surface area contributed by atoms with Gasteiger partial charge >= 0.3 is 6.03 Å². The molecule has 0 aliphatic carbocycles. The molecule has 28 heavy (non-hydrogen) atoms. The Kier molecular flexibility index (Phi) is 5.14. The number of nitrogens with zero attached hydrogens (tertiary/aromatic N) is 1. The van der Waals surface area contributed by atoms with Crippen LogP contribution in [-0.4, -0.2) is 23.0 Å². The summed E-state index contributed by atoms with van der Waals surface area (Å²) in [5, 5.41) is 13.3. The normalized spacial score (nSPS) is 12.0. The molecule has 0 saturated heterocycles. The quantitative estimate of drug-likeness (QED) is 0.603. The van der Waals surface area contributed by atoms with E-state index in [0.717, 1.165) is 29.7 Å². The average molecular weight is 378 g/mol. The molecule has 1 aromatic heterocycles. The summed E-state index contributed by atoms with van der Waals surface area (Å²) in [6.45, 7) is 2.75. The van der Waals surface area contributed by atoms with Crippen molar-refractivity contribution in [1.82, 2.24) is 15.5 Å². The van der Waals surface area contributed by atoms with Crippen LogP contribution in [0.4, 0.5) is 10.5 Å². The molecule has 4 rings (SSSR count). The van der Waals surface area contributed by atoms with Crippen molar-refractivity contribution < 1.29 is 14.3 Å². The van der Waals surface area contributed by atoms with Crippen LogP contribution in [-0.2, 0) is 13.0 Å². The summed E-state index contributed by atoms with van der Waals surface area (Å²) in [6.07, 6.45) is 1.72. The first-order chi connectivity index (χ1) is 13.7. The van der Waals surface area contributed by atoms with Crippen molar-refractivity contribution in [1.29, 1.82) is 0 Å². The fraction of sp³-hybridized carbons (Fsp3) is 0.238. The molecule has 2 amide bonds. The summed E-state index contributed by atoms with van der Waals surface area (Å²) < 4.78 is 10.8. The van der Waals surface area contributed by atoms with Crippen LogP contribution in [0.1, 0.15) is 24.6 Å². The number of H-pyrrole nitrogens is 1. The number of aromatic amines is 1. The van der Waals surface area contributed by atoms with E-state index in [2.05, 4.69) is 27.8 Å². The molecule has 2 heterocycles. The molecule has 0 spiro atoms. The Bertz CT molecular complexity index is 969. The molecule has 2 aromatic carbocycles. The largest absolute Gasteiger partial charge is 0.454 e. The molecule has 0 atom stereocenters. The van der Waals surface area contributed by atoms with Gasteiger partial charge in [-0.2, -0.15) is 5.10 Å². The van der Waals surface area contributed by atoms with Crippen molar-refractivity contribution in [2.75, 3.05) is 12.1 Å². The average Bonchev–Trinajstić information content (AvgIpc) is 3.34. The number of anilines is 1. The molecule has 3 N–H and O–H groups in total. The number of aryl methyl sites for hydroxylation is 1. The predicted molar refractivity (Wildman–Crippen MR) is 106 cm³/mol. The van der Waals surface area contributed by atoms with Crippen LogP contribution in [0.2, 0.25) is 0 Å². The lowest BCUT2D eigenvalue weighted by Crippen LogP contribution is -2.28. The lowest BCUT2D eigenvalue weighted by Gasteiger charge is -2.10.